The Hall–Kier alpha value is -2.17. The van der Waals surface area contributed by atoms with Gasteiger partial charge in [0.1, 0.15) is 11.9 Å². The summed E-state index contributed by atoms with van der Waals surface area (Å²) < 4.78 is 19.1. The first-order valence-corrected chi connectivity index (χ1v) is 9.97. The fourth-order valence-corrected chi connectivity index (χ4v) is 3.72. The standard InChI is InChI=1S/C22H25ClFN3O2/c1-16-3-5-19(24)11-18(16)14-27(20-6-4-17(13-25)22(23)12-20)21-7-9-29-26(15-21)8-10-28-2/h3-6,11-12,21H,7-10,14-15H2,1-2H3/t21-/m0/s1. The van der Waals surface area contributed by atoms with Crippen LogP contribution in [0.15, 0.2) is 36.4 Å². The molecule has 1 aliphatic rings. The van der Waals surface area contributed by atoms with E-state index in [-0.39, 0.29) is 11.9 Å². The van der Waals surface area contributed by atoms with E-state index in [0.29, 0.717) is 43.4 Å². The van der Waals surface area contributed by atoms with Crippen LogP contribution in [0.2, 0.25) is 5.02 Å². The van der Waals surface area contributed by atoms with Crippen molar-refractivity contribution in [1.82, 2.24) is 5.06 Å². The predicted octanol–water partition coefficient (Wildman–Crippen LogP) is 4.32. The van der Waals surface area contributed by atoms with Gasteiger partial charge in [0.05, 0.1) is 23.8 Å². The minimum atomic E-state index is -0.253. The number of anilines is 1. The minimum absolute atomic E-state index is 0.146. The maximum atomic E-state index is 13.9. The molecular formula is C22H25ClFN3O2. The lowest BCUT2D eigenvalue weighted by Gasteiger charge is -2.40. The lowest BCUT2D eigenvalue weighted by Crippen LogP contribution is -2.49. The third kappa shape index (κ3) is 5.46. The molecule has 1 heterocycles. The van der Waals surface area contributed by atoms with Crippen LogP contribution in [-0.4, -0.2) is 44.5 Å². The second-order valence-corrected chi connectivity index (χ2v) is 7.54. The largest absolute Gasteiger partial charge is 0.383 e. The predicted molar refractivity (Wildman–Crippen MR) is 111 cm³/mol. The van der Waals surface area contributed by atoms with Crippen LogP contribution in [0.1, 0.15) is 23.1 Å². The molecule has 0 aromatic heterocycles. The van der Waals surface area contributed by atoms with Gasteiger partial charge in [-0.2, -0.15) is 10.3 Å². The third-order valence-corrected chi connectivity index (χ3v) is 5.49. The SMILES string of the molecule is COCCN1C[C@@H](N(Cc2cc(F)ccc2C)c2ccc(C#N)c(Cl)c2)CCO1. The molecule has 1 fully saturated rings. The molecule has 1 aliphatic heterocycles. The van der Waals surface area contributed by atoms with Crippen molar-refractivity contribution < 1.29 is 14.0 Å². The highest BCUT2D eigenvalue weighted by molar-refractivity contribution is 6.32. The molecule has 1 saturated heterocycles. The molecule has 2 aromatic rings. The molecule has 7 heteroatoms. The van der Waals surface area contributed by atoms with E-state index < -0.39 is 0 Å². The summed E-state index contributed by atoms with van der Waals surface area (Å²) in [4.78, 5) is 7.97. The summed E-state index contributed by atoms with van der Waals surface area (Å²) in [5.74, 6) is -0.253. The molecule has 0 spiro atoms. The Morgan fingerprint density at radius 2 is 2.17 bits per heavy atom. The van der Waals surface area contributed by atoms with Gasteiger partial charge in [-0.3, -0.25) is 4.84 Å². The molecule has 0 saturated carbocycles. The molecule has 5 nitrogen and oxygen atoms in total. The van der Waals surface area contributed by atoms with Gasteiger partial charge >= 0.3 is 0 Å². The summed E-state index contributed by atoms with van der Waals surface area (Å²) in [6.45, 7) is 5.06. The Morgan fingerprint density at radius 3 is 2.90 bits per heavy atom. The maximum Gasteiger partial charge on any atom is 0.123 e. The van der Waals surface area contributed by atoms with Gasteiger partial charge in [-0.25, -0.2) is 4.39 Å². The Morgan fingerprint density at radius 1 is 1.34 bits per heavy atom. The summed E-state index contributed by atoms with van der Waals surface area (Å²) in [6, 6.07) is 12.5. The van der Waals surface area contributed by atoms with Gasteiger partial charge in [-0.05, 0) is 54.8 Å². The van der Waals surface area contributed by atoms with Crippen molar-refractivity contribution in [1.29, 1.82) is 5.26 Å². The Bertz CT molecular complexity index is 887. The van der Waals surface area contributed by atoms with E-state index in [4.69, 9.17) is 21.2 Å². The molecular weight excluding hydrogens is 393 g/mol. The van der Waals surface area contributed by atoms with Crippen molar-refractivity contribution in [2.45, 2.75) is 25.9 Å². The van der Waals surface area contributed by atoms with Crippen molar-refractivity contribution in [2.75, 3.05) is 38.3 Å². The number of ether oxygens (including phenoxy) is 1. The second kappa shape index (κ2) is 10.0. The van der Waals surface area contributed by atoms with Crippen molar-refractivity contribution in [3.8, 4) is 6.07 Å². The van der Waals surface area contributed by atoms with E-state index in [1.54, 1.807) is 25.3 Å². The van der Waals surface area contributed by atoms with Crippen LogP contribution in [0.3, 0.4) is 0 Å². The van der Waals surface area contributed by atoms with E-state index in [1.807, 2.05) is 24.1 Å². The minimum Gasteiger partial charge on any atom is -0.383 e. The zero-order chi connectivity index (χ0) is 20.8. The highest BCUT2D eigenvalue weighted by Gasteiger charge is 2.27. The van der Waals surface area contributed by atoms with Gasteiger partial charge in [-0.15, -0.1) is 0 Å². The molecule has 29 heavy (non-hydrogen) atoms. The quantitative estimate of drug-likeness (QED) is 0.671. The fourth-order valence-electron chi connectivity index (χ4n) is 3.50. The van der Waals surface area contributed by atoms with Gasteiger partial charge in [0.15, 0.2) is 0 Å². The Balaban J connectivity index is 1.92. The molecule has 0 aliphatic carbocycles. The van der Waals surface area contributed by atoms with E-state index in [0.717, 1.165) is 23.2 Å². The van der Waals surface area contributed by atoms with Crippen LogP contribution in [0, 0.1) is 24.1 Å². The number of hydroxylamine groups is 2. The number of rotatable bonds is 7. The first kappa shape index (κ1) is 21.5. The number of methoxy groups -OCH3 is 1. The molecule has 0 unspecified atom stereocenters. The molecule has 1 atom stereocenters. The van der Waals surface area contributed by atoms with Gasteiger partial charge in [0.2, 0.25) is 0 Å². The Kier molecular flexibility index (Phi) is 7.45. The molecule has 0 N–H and O–H groups in total. The average Bonchev–Trinajstić information content (AvgIpc) is 2.73. The smallest absolute Gasteiger partial charge is 0.123 e. The summed E-state index contributed by atoms with van der Waals surface area (Å²) in [7, 11) is 1.67. The van der Waals surface area contributed by atoms with Gasteiger partial charge in [0, 0.05) is 38.5 Å². The Labute approximate surface area is 176 Å². The third-order valence-electron chi connectivity index (χ3n) is 5.18. The van der Waals surface area contributed by atoms with Crippen molar-refractivity contribution >= 4 is 17.3 Å². The van der Waals surface area contributed by atoms with E-state index in [9.17, 15) is 9.65 Å². The molecule has 2 aromatic carbocycles. The number of halogens is 2. The average molecular weight is 418 g/mol. The van der Waals surface area contributed by atoms with Crippen LogP contribution >= 0.6 is 11.6 Å². The van der Waals surface area contributed by atoms with Crippen LogP contribution in [-0.2, 0) is 16.1 Å². The van der Waals surface area contributed by atoms with E-state index in [1.165, 1.54) is 6.07 Å². The molecule has 154 valence electrons. The lowest BCUT2D eigenvalue weighted by atomic mass is 10.0. The van der Waals surface area contributed by atoms with Crippen LogP contribution in [0.25, 0.3) is 0 Å². The monoisotopic (exact) mass is 417 g/mol. The summed E-state index contributed by atoms with van der Waals surface area (Å²) >= 11 is 6.31. The number of hydrogen-bond donors (Lipinski definition) is 0. The summed E-state index contributed by atoms with van der Waals surface area (Å²) in [6.07, 6.45) is 0.829. The van der Waals surface area contributed by atoms with Crippen LogP contribution in [0.5, 0.6) is 0 Å². The summed E-state index contributed by atoms with van der Waals surface area (Å²) in [5.41, 5.74) is 3.28. The highest BCUT2D eigenvalue weighted by Crippen LogP contribution is 2.29. The van der Waals surface area contributed by atoms with E-state index in [2.05, 4.69) is 11.0 Å². The maximum absolute atomic E-state index is 13.9. The van der Waals surface area contributed by atoms with Crippen molar-refractivity contribution in [3.05, 3.63) is 63.9 Å². The number of nitrogens with zero attached hydrogens (tertiary/aromatic N) is 3. The van der Waals surface area contributed by atoms with E-state index >= 15 is 0 Å². The fraction of sp³-hybridized carbons (Fsp3) is 0.409. The molecule has 0 bridgehead atoms. The first-order chi connectivity index (χ1) is 14.0. The van der Waals surface area contributed by atoms with Crippen LogP contribution < -0.4 is 4.90 Å². The lowest BCUT2D eigenvalue weighted by molar-refractivity contribution is -0.190. The van der Waals surface area contributed by atoms with Gasteiger partial charge in [0.25, 0.3) is 0 Å². The molecule has 3 rings (SSSR count). The second-order valence-electron chi connectivity index (χ2n) is 7.13. The number of nitriles is 1. The topological polar surface area (TPSA) is 48.7 Å². The van der Waals surface area contributed by atoms with Gasteiger partial charge < -0.3 is 9.64 Å². The van der Waals surface area contributed by atoms with Crippen molar-refractivity contribution in [3.63, 3.8) is 0 Å². The zero-order valence-corrected chi connectivity index (χ0v) is 17.5. The molecule has 0 amide bonds. The number of aryl methyl sites for hydroxylation is 1. The highest BCUT2D eigenvalue weighted by atomic mass is 35.5. The first-order valence-electron chi connectivity index (χ1n) is 9.60. The normalized spacial score (nSPS) is 17.1. The van der Waals surface area contributed by atoms with Crippen LogP contribution in [0.4, 0.5) is 10.1 Å². The summed E-state index contributed by atoms with van der Waals surface area (Å²) in [5, 5.41) is 11.5. The van der Waals surface area contributed by atoms with Gasteiger partial charge in [-0.1, -0.05) is 17.7 Å². The molecule has 0 radical (unpaired) electrons. The number of benzene rings is 2. The zero-order valence-electron chi connectivity index (χ0n) is 16.7. The number of hydrogen-bond acceptors (Lipinski definition) is 5. The van der Waals surface area contributed by atoms with Crippen molar-refractivity contribution in [2.24, 2.45) is 0 Å².